The minimum Gasteiger partial charge on any atom is -0.325 e. The zero-order valence-electron chi connectivity index (χ0n) is 14.1. The molecule has 0 bridgehead atoms. The molecule has 25 heavy (non-hydrogen) atoms. The van der Waals surface area contributed by atoms with Gasteiger partial charge in [-0.1, -0.05) is 36.8 Å². The first-order chi connectivity index (χ1) is 11.8. The number of carbonyl (C=O) groups is 1. The summed E-state index contributed by atoms with van der Waals surface area (Å²) in [5.74, 6) is 0.474. The van der Waals surface area contributed by atoms with Crippen molar-refractivity contribution < 1.29 is 13.2 Å². The van der Waals surface area contributed by atoms with Crippen LogP contribution >= 0.6 is 11.8 Å². The molecule has 0 saturated carbocycles. The lowest BCUT2D eigenvalue weighted by molar-refractivity contribution is -0.118. The largest absolute Gasteiger partial charge is 0.325 e. The maximum atomic E-state index is 12.6. The number of benzene rings is 2. The molecule has 0 unspecified atom stereocenters. The average molecular weight is 377 g/mol. The molecule has 1 amide bonds. The highest BCUT2D eigenvalue weighted by atomic mass is 32.2. The molecule has 0 fully saturated rings. The van der Waals surface area contributed by atoms with E-state index in [1.807, 2.05) is 38.1 Å². The number of aryl methyl sites for hydroxylation is 1. The van der Waals surface area contributed by atoms with Gasteiger partial charge in [0.05, 0.1) is 10.6 Å². The van der Waals surface area contributed by atoms with Crippen LogP contribution in [0.2, 0.25) is 0 Å². The summed E-state index contributed by atoms with van der Waals surface area (Å²) in [6, 6.07) is 12.5. The van der Waals surface area contributed by atoms with E-state index in [4.69, 9.17) is 0 Å². The van der Waals surface area contributed by atoms with Crippen molar-refractivity contribution in [2.24, 2.45) is 5.92 Å². The number of anilines is 1. The second kappa shape index (κ2) is 7.19. The van der Waals surface area contributed by atoms with Crippen molar-refractivity contribution in [2.75, 3.05) is 11.1 Å². The van der Waals surface area contributed by atoms with Gasteiger partial charge >= 0.3 is 0 Å². The average Bonchev–Trinajstić information content (AvgIpc) is 2.72. The maximum absolute atomic E-state index is 12.6. The number of hydrogen-bond acceptors (Lipinski definition) is 4. The lowest BCUT2D eigenvalue weighted by Crippen LogP contribution is -2.24. The quantitative estimate of drug-likeness (QED) is 0.859. The maximum Gasteiger partial charge on any atom is 0.240 e. The minimum absolute atomic E-state index is 0.0893. The first-order valence-electron chi connectivity index (χ1n) is 7.98. The van der Waals surface area contributed by atoms with Gasteiger partial charge in [-0.25, -0.2) is 13.1 Å². The van der Waals surface area contributed by atoms with E-state index >= 15 is 0 Å². The number of amides is 1. The molecule has 132 valence electrons. The molecule has 0 aliphatic carbocycles. The summed E-state index contributed by atoms with van der Waals surface area (Å²) in [5.41, 5.74) is 2.53. The Bertz CT molecular complexity index is 910. The fourth-order valence-corrected chi connectivity index (χ4v) is 4.58. The number of sulfonamides is 1. The van der Waals surface area contributed by atoms with Crippen LogP contribution in [0.4, 0.5) is 5.69 Å². The van der Waals surface area contributed by atoms with Gasteiger partial charge in [0.2, 0.25) is 15.9 Å². The van der Waals surface area contributed by atoms with E-state index in [9.17, 15) is 13.2 Å². The molecule has 2 aromatic rings. The van der Waals surface area contributed by atoms with Crippen LogP contribution in [0.1, 0.15) is 18.1 Å². The minimum atomic E-state index is -3.66. The van der Waals surface area contributed by atoms with Crippen LogP contribution in [0.25, 0.3) is 0 Å². The third-order valence-corrected chi connectivity index (χ3v) is 6.74. The molecule has 1 atom stereocenters. The van der Waals surface area contributed by atoms with Crippen molar-refractivity contribution in [1.82, 2.24) is 4.72 Å². The molecule has 1 aliphatic rings. The standard InChI is InChI=1S/C18H20N2O3S2/c1-12-4-3-5-14(8-12)10-19-25(22,23)15-6-7-17-16(9-15)20-18(21)13(2)11-24-17/h3-9,13,19H,10-11H2,1-2H3,(H,20,21)/t13-/m0/s1. The Morgan fingerprint density at radius 3 is 2.80 bits per heavy atom. The predicted octanol–water partition coefficient (Wildman–Crippen LogP) is 3.15. The molecular weight excluding hydrogens is 356 g/mol. The summed E-state index contributed by atoms with van der Waals surface area (Å²) < 4.78 is 27.8. The van der Waals surface area contributed by atoms with Gasteiger partial charge in [0.15, 0.2) is 0 Å². The van der Waals surface area contributed by atoms with Crippen molar-refractivity contribution in [3.05, 3.63) is 53.6 Å². The second-order valence-corrected chi connectivity index (χ2v) is 9.00. The molecule has 5 nitrogen and oxygen atoms in total. The van der Waals surface area contributed by atoms with E-state index in [0.717, 1.165) is 16.0 Å². The summed E-state index contributed by atoms with van der Waals surface area (Å²) in [5, 5.41) is 2.81. The summed E-state index contributed by atoms with van der Waals surface area (Å²) >= 11 is 1.55. The van der Waals surface area contributed by atoms with Crippen LogP contribution in [0, 0.1) is 12.8 Å². The number of nitrogens with one attached hydrogen (secondary N) is 2. The zero-order chi connectivity index (χ0) is 18.0. The highest BCUT2D eigenvalue weighted by Crippen LogP contribution is 2.34. The Hall–Kier alpha value is -1.83. The molecule has 7 heteroatoms. The molecular formula is C18H20N2O3S2. The topological polar surface area (TPSA) is 75.3 Å². The molecule has 0 spiro atoms. The summed E-state index contributed by atoms with van der Waals surface area (Å²) in [4.78, 5) is 13.0. The van der Waals surface area contributed by atoms with Crippen LogP contribution in [0.15, 0.2) is 52.3 Å². The number of thioether (sulfide) groups is 1. The Kier molecular flexibility index (Phi) is 5.17. The first-order valence-corrected chi connectivity index (χ1v) is 10.4. The van der Waals surface area contributed by atoms with E-state index in [0.29, 0.717) is 11.4 Å². The first kappa shape index (κ1) is 18.0. The molecule has 1 aliphatic heterocycles. The van der Waals surface area contributed by atoms with Crippen LogP contribution in [-0.2, 0) is 21.4 Å². The second-order valence-electron chi connectivity index (χ2n) is 6.17. The van der Waals surface area contributed by atoms with Gasteiger partial charge in [-0.3, -0.25) is 4.79 Å². The number of rotatable bonds is 4. The smallest absolute Gasteiger partial charge is 0.240 e. The Labute approximate surface area is 152 Å². The third kappa shape index (κ3) is 4.23. The summed E-state index contributed by atoms with van der Waals surface area (Å²) in [6.07, 6.45) is 0. The SMILES string of the molecule is Cc1cccc(CNS(=O)(=O)c2ccc3c(c2)NC(=O)[C@@H](C)CS3)c1. The number of fused-ring (bicyclic) bond motifs is 1. The van der Waals surface area contributed by atoms with E-state index < -0.39 is 10.0 Å². The Morgan fingerprint density at radius 1 is 1.24 bits per heavy atom. The van der Waals surface area contributed by atoms with Crippen molar-refractivity contribution in [2.45, 2.75) is 30.2 Å². The van der Waals surface area contributed by atoms with Gasteiger partial charge in [0.1, 0.15) is 0 Å². The van der Waals surface area contributed by atoms with E-state index in [1.165, 1.54) is 6.07 Å². The fourth-order valence-electron chi connectivity index (χ4n) is 2.53. The zero-order valence-corrected chi connectivity index (χ0v) is 15.7. The third-order valence-electron chi connectivity index (χ3n) is 4.00. The monoisotopic (exact) mass is 376 g/mol. The molecule has 0 saturated heterocycles. The molecule has 1 heterocycles. The van der Waals surface area contributed by atoms with Gasteiger partial charge in [0.25, 0.3) is 0 Å². The fraction of sp³-hybridized carbons (Fsp3) is 0.278. The van der Waals surface area contributed by atoms with Gasteiger partial charge in [0, 0.05) is 23.1 Å². The molecule has 3 rings (SSSR count). The summed E-state index contributed by atoms with van der Waals surface area (Å²) in [7, 11) is -3.66. The Balaban J connectivity index is 1.81. The lowest BCUT2D eigenvalue weighted by Gasteiger charge is -2.11. The Morgan fingerprint density at radius 2 is 2.04 bits per heavy atom. The number of carbonyl (C=O) groups excluding carboxylic acids is 1. The molecule has 2 N–H and O–H groups in total. The van der Waals surface area contributed by atoms with Gasteiger partial charge in [-0.2, -0.15) is 0 Å². The van der Waals surface area contributed by atoms with Gasteiger partial charge < -0.3 is 5.32 Å². The van der Waals surface area contributed by atoms with Crippen LogP contribution < -0.4 is 10.0 Å². The molecule has 0 aromatic heterocycles. The van der Waals surface area contributed by atoms with Gasteiger partial charge in [-0.15, -0.1) is 11.8 Å². The lowest BCUT2D eigenvalue weighted by atomic mass is 10.1. The highest BCUT2D eigenvalue weighted by Gasteiger charge is 2.22. The molecule has 0 radical (unpaired) electrons. The van der Waals surface area contributed by atoms with Crippen molar-refractivity contribution in [1.29, 1.82) is 0 Å². The normalized spacial score (nSPS) is 17.5. The molecule has 2 aromatic carbocycles. The summed E-state index contributed by atoms with van der Waals surface area (Å²) in [6.45, 7) is 4.04. The van der Waals surface area contributed by atoms with E-state index in [2.05, 4.69) is 10.0 Å². The highest BCUT2D eigenvalue weighted by molar-refractivity contribution is 7.99. The number of hydrogen-bond donors (Lipinski definition) is 2. The van der Waals surface area contributed by atoms with Crippen LogP contribution in [-0.4, -0.2) is 20.1 Å². The van der Waals surface area contributed by atoms with E-state index in [1.54, 1.807) is 23.9 Å². The van der Waals surface area contributed by atoms with Crippen LogP contribution in [0.3, 0.4) is 0 Å². The van der Waals surface area contributed by atoms with Gasteiger partial charge in [-0.05, 0) is 30.7 Å². The van der Waals surface area contributed by atoms with Crippen molar-refractivity contribution in [3.8, 4) is 0 Å². The predicted molar refractivity (Wildman–Crippen MR) is 100 cm³/mol. The van der Waals surface area contributed by atoms with Crippen molar-refractivity contribution >= 4 is 33.4 Å². The van der Waals surface area contributed by atoms with Crippen molar-refractivity contribution in [3.63, 3.8) is 0 Å². The van der Waals surface area contributed by atoms with Crippen LogP contribution in [0.5, 0.6) is 0 Å². The van der Waals surface area contributed by atoms with E-state index in [-0.39, 0.29) is 23.3 Å².